The van der Waals surface area contributed by atoms with Gasteiger partial charge < -0.3 is 4.57 Å². The van der Waals surface area contributed by atoms with Crippen molar-refractivity contribution in [2.45, 2.75) is 11.8 Å². The highest BCUT2D eigenvalue weighted by Crippen LogP contribution is 2.32. The fourth-order valence-corrected chi connectivity index (χ4v) is 5.36. The number of nitrogens with zero attached hydrogens (tertiary/aromatic N) is 3. The Kier molecular flexibility index (Phi) is 8.23. The van der Waals surface area contributed by atoms with Gasteiger partial charge in [-0.3, -0.25) is 0 Å². The van der Waals surface area contributed by atoms with Gasteiger partial charge >= 0.3 is 0 Å². The smallest absolute Gasteiger partial charge is 0.244 e. The predicted octanol–water partition coefficient (Wildman–Crippen LogP) is 6.08. The molecule has 3 rings (SSSR count). The molecule has 5 nitrogen and oxygen atoms in total. The molecule has 1 aromatic heterocycles. The number of aromatic nitrogens is 1. The Bertz CT molecular complexity index is 1270. The van der Waals surface area contributed by atoms with Crippen molar-refractivity contribution >= 4 is 78.8 Å². The Morgan fingerprint density at radius 2 is 1.70 bits per heavy atom. The van der Waals surface area contributed by atoms with E-state index in [9.17, 15) is 8.42 Å². The van der Waals surface area contributed by atoms with E-state index in [2.05, 4.69) is 4.99 Å². The summed E-state index contributed by atoms with van der Waals surface area (Å²) in [6.45, 7) is 1.89. The number of thiazole rings is 1. The van der Waals surface area contributed by atoms with Gasteiger partial charge in [0.2, 0.25) is 10.0 Å². The molecule has 0 radical (unpaired) electrons. The van der Waals surface area contributed by atoms with Crippen LogP contribution >= 0.6 is 63.1 Å². The molecule has 11 heteroatoms. The van der Waals surface area contributed by atoms with E-state index in [0.717, 1.165) is 15.6 Å². The van der Waals surface area contributed by atoms with E-state index >= 15 is 0 Å². The molecular weight excluding hydrogens is 553 g/mol. The molecule has 2 aromatic carbocycles. The molecule has 162 valence electrons. The van der Waals surface area contributed by atoms with Crippen LogP contribution in [0.2, 0.25) is 15.1 Å². The number of aryl methyl sites for hydroxylation is 1. The van der Waals surface area contributed by atoms with E-state index in [-0.39, 0.29) is 26.9 Å². The highest BCUT2D eigenvalue weighted by molar-refractivity contribution is 8.93. The second-order valence-electron chi connectivity index (χ2n) is 6.56. The summed E-state index contributed by atoms with van der Waals surface area (Å²) in [6, 6.07) is 8.43. The number of hydrogen-bond acceptors (Lipinski definition) is 4. The summed E-state index contributed by atoms with van der Waals surface area (Å²) >= 11 is 20.0. The molecule has 0 aliphatic rings. The van der Waals surface area contributed by atoms with Crippen LogP contribution in [-0.4, -0.2) is 31.4 Å². The van der Waals surface area contributed by atoms with E-state index in [0.29, 0.717) is 26.1 Å². The second-order valence-corrected chi connectivity index (χ2v) is 10.7. The number of halogens is 4. The van der Waals surface area contributed by atoms with Gasteiger partial charge in [-0.15, -0.1) is 28.3 Å². The van der Waals surface area contributed by atoms with Crippen molar-refractivity contribution in [1.82, 2.24) is 8.87 Å². The van der Waals surface area contributed by atoms with E-state index < -0.39 is 10.0 Å². The molecule has 1 heterocycles. The summed E-state index contributed by atoms with van der Waals surface area (Å²) in [6.07, 6.45) is 0. The number of sulfonamides is 1. The lowest BCUT2D eigenvalue weighted by Gasteiger charge is -2.14. The summed E-state index contributed by atoms with van der Waals surface area (Å²) in [5.41, 5.74) is 3.02. The van der Waals surface area contributed by atoms with Crippen molar-refractivity contribution < 1.29 is 8.42 Å². The van der Waals surface area contributed by atoms with Gasteiger partial charge in [-0.05, 0) is 36.8 Å². The van der Waals surface area contributed by atoms with Gasteiger partial charge in [-0.2, -0.15) is 0 Å². The van der Waals surface area contributed by atoms with E-state index in [4.69, 9.17) is 34.8 Å². The lowest BCUT2D eigenvalue weighted by molar-refractivity contribution is 0.521. The van der Waals surface area contributed by atoms with E-state index in [1.54, 1.807) is 24.3 Å². The Morgan fingerprint density at radius 1 is 1.03 bits per heavy atom. The van der Waals surface area contributed by atoms with Crippen molar-refractivity contribution in [1.29, 1.82) is 0 Å². The van der Waals surface area contributed by atoms with Crippen LogP contribution in [0.3, 0.4) is 0 Å². The highest BCUT2D eigenvalue weighted by Gasteiger charge is 2.22. The maximum atomic E-state index is 12.6. The Morgan fingerprint density at radius 3 is 2.33 bits per heavy atom. The summed E-state index contributed by atoms with van der Waals surface area (Å²) in [4.78, 5) is 5.41. The third-order valence-corrected chi connectivity index (χ3v) is 8.28. The highest BCUT2D eigenvalue weighted by atomic mass is 79.9. The third kappa shape index (κ3) is 4.96. The molecule has 0 amide bonds. The molecule has 3 aromatic rings. The summed E-state index contributed by atoms with van der Waals surface area (Å²) in [5.74, 6) is 0. The number of hydrogen-bond donors (Lipinski definition) is 0. The largest absolute Gasteiger partial charge is 0.320 e. The number of rotatable bonds is 4. The van der Waals surface area contributed by atoms with Gasteiger partial charge in [-0.25, -0.2) is 17.7 Å². The van der Waals surface area contributed by atoms with Gasteiger partial charge in [0, 0.05) is 37.1 Å². The summed E-state index contributed by atoms with van der Waals surface area (Å²) < 4.78 is 28.1. The Balaban J connectivity index is 0.00000320. The fourth-order valence-electron chi connectivity index (χ4n) is 2.62. The maximum absolute atomic E-state index is 12.6. The van der Waals surface area contributed by atoms with Gasteiger partial charge in [-0.1, -0.05) is 40.9 Å². The normalized spacial score (nSPS) is 12.3. The van der Waals surface area contributed by atoms with Gasteiger partial charge in [0.15, 0.2) is 4.80 Å². The maximum Gasteiger partial charge on any atom is 0.244 e. The van der Waals surface area contributed by atoms with Crippen molar-refractivity contribution in [2.75, 3.05) is 14.1 Å². The van der Waals surface area contributed by atoms with Gasteiger partial charge in [0.1, 0.15) is 4.90 Å². The topological polar surface area (TPSA) is 54.7 Å². The standard InChI is InChI=1S/C19H18Cl3N3O2S2.BrH/c1-11-7-16(15(22)9-14(11)21)23-19-25(4)17(10-28-19)12-5-6-13(20)18(8-12)29(26,27)24(2)3;/h5-10H,1-4H3;1H. The molecule has 0 saturated carbocycles. The predicted molar refractivity (Wildman–Crippen MR) is 131 cm³/mol. The van der Waals surface area contributed by atoms with Gasteiger partial charge in [0.05, 0.1) is 21.4 Å². The first-order chi connectivity index (χ1) is 13.5. The van der Waals surface area contributed by atoms with Crippen molar-refractivity contribution in [2.24, 2.45) is 12.0 Å². The molecule has 0 aliphatic heterocycles. The SMILES string of the molecule is Br.Cc1cc(N=c2scc(-c3ccc(Cl)c(S(=O)(=O)N(C)C)c3)n2C)c(Cl)cc1Cl. The van der Waals surface area contributed by atoms with Crippen LogP contribution in [0.1, 0.15) is 5.56 Å². The molecule has 0 spiro atoms. The summed E-state index contributed by atoms with van der Waals surface area (Å²) in [5, 5.41) is 3.13. The Labute approximate surface area is 205 Å². The van der Waals surface area contributed by atoms with Crippen LogP contribution < -0.4 is 4.80 Å². The van der Waals surface area contributed by atoms with Crippen LogP contribution in [0.4, 0.5) is 5.69 Å². The first kappa shape index (κ1) is 25.4. The molecule has 0 atom stereocenters. The first-order valence-electron chi connectivity index (χ1n) is 8.39. The molecular formula is C19H19BrCl3N3O2S2. The third-order valence-electron chi connectivity index (χ3n) is 4.35. The minimum atomic E-state index is -3.66. The molecule has 30 heavy (non-hydrogen) atoms. The van der Waals surface area contributed by atoms with Crippen LogP contribution in [0, 0.1) is 6.92 Å². The van der Waals surface area contributed by atoms with Crippen LogP contribution in [0.15, 0.2) is 45.6 Å². The lowest BCUT2D eigenvalue weighted by Crippen LogP contribution is -2.22. The molecule has 0 bridgehead atoms. The molecule has 0 saturated heterocycles. The zero-order chi connectivity index (χ0) is 21.5. The van der Waals surface area contributed by atoms with Gasteiger partial charge in [0.25, 0.3) is 0 Å². The average molecular weight is 572 g/mol. The zero-order valence-corrected chi connectivity index (χ0v) is 22.1. The van der Waals surface area contributed by atoms with Crippen LogP contribution in [0.25, 0.3) is 11.3 Å². The van der Waals surface area contributed by atoms with Crippen LogP contribution in [0.5, 0.6) is 0 Å². The van der Waals surface area contributed by atoms with Crippen molar-refractivity contribution in [3.8, 4) is 11.3 Å². The monoisotopic (exact) mass is 569 g/mol. The van der Waals surface area contributed by atoms with Crippen molar-refractivity contribution in [3.05, 3.63) is 61.1 Å². The van der Waals surface area contributed by atoms with Crippen molar-refractivity contribution in [3.63, 3.8) is 0 Å². The molecule has 0 N–H and O–H groups in total. The zero-order valence-electron chi connectivity index (χ0n) is 16.5. The minimum Gasteiger partial charge on any atom is -0.320 e. The fraction of sp³-hybridized carbons (Fsp3) is 0.211. The van der Waals surface area contributed by atoms with E-state index in [1.165, 1.54) is 25.4 Å². The quantitative estimate of drug-likeness (QED) is 0.381. The molecule has 0 fully saturated rings. The lowest BCUT2D eigenvalue weighted by atomic mass is 10.2. The minimum absolute atomic E-state index is 0. The summed E-state index contributed by atoms with van der Waals surface area (Å²) in [7, 11) is 1.13. The van der Waals surface area contributed by atoms with Crippen LogP contribution in [-0.2, 0) is 17.1 Å². The second kappa shape index (κ2) is 9.73. The van der Waals surface area contributed by atoms with E-state index in [1.807, 2.05) is 30.0 Å². The molecule has 0 unspecified atom stereocenters. The number of benzene rings is 2. The molecule has 0 aliphatic carbocycles. The average Bonchev–Trinajstić information content (AvgIpc) is 3.00. The Hall–Kier alpha value is -0.870. The first-order valence-corrected chi connectivity index (χ1v) is 11.8.